The van der Waals surface area contributed by atoms with Crippen molar-refractivity contribution < 1.29 is 9.53 Å². The molecule has 0 unspecified atom stereocenters. The van der Waals surface area contributed by atoms with Gasteiger partial charge in [0.15, 0.2) is 5.65 Å². The molecule has 0 radical (unpaired) electrons. The number of rotatable bonds is 6. The van der Waals surface area contributed by atoms with E-state index in [-0.39, 0.29) is 5.91 Å². The second kappa shape index (κ2) is 9.47. The van der Waals surface area contributed by atoms with E-state index in [1.165, 1.54) is 5.56 Å². The van der Waals surface area contributed by atoms with Crippen LogP contribution in [0.4, 0.5) is 5.69 Å². The number of ether oxygens (including phenoxy) is 1. The Labute approximate surface area is 204 Å². The molecule has 176 valence electrons. The predicted octanol–water partition coefficient (Wildman–Crippen LogP) is 6.20. The fourth-order valence-electron chi connectivity index (χ4n) is 4.32. The van der Waals surface area contributed by atoms with Crippen molar-refractivity contribution in [1.29, 1.82) is 0 Å². The van der Waals surface area contributed by atoms with E-state index in [2.05, 4.69) is 43.4 Å². The maximum absolute atomic E-state index is 12.8. The third-order valence-corrected chi connectivity index (χ3v) is 6.62. The Morgan fingerprint density at radius 1 is 1.06 bits per heavy atom. The normalized spacial score (nSPS) is 11.1. The second-order valence-corrected chi connectivity index (χ2v) is 9.09. The summed E-state index contributed by atoms with van der Waals surface area (Å²) in [7, 11) is 1.56. The van der Waals surface area contributed by atoms with Gasteiger partial charge >= 0.3 is 0 Å². The van der Waals surface area contributed by atoms with E-state index < -0.39 is 0 Å². The largest absolute Gasteiger partial charge is 0.495 e. The van der Waals surface area contributed by atoms with Crippen LogP contribution in [-0.4, -0.2) is 27.8 Å². The van der Waals surface area contributed by atoms with Gasteiger partial charge in [-0.3, -0.25) is 4.79 Å². The smallest absolute Gasteiger partial charge is 0.224 e. The molecule has 0 saturated carbocycles. The molecule has 0 aliphatic rings. The number of methoxy groups -OCH3 is 1. The topological polar surface area (TPSA) is 69.0 Å². The second-order valence-electron chi connectivity index (χ2n) is 8.68. The summed E-state index contributed by atoms with van der Waals surface area (Å²) < 4.78 is 7.27. The first kappa shape index (κ1) is 23.8. The number of amides is 1. The minimum Gasteiger partial charge on any atom is -0.495 e. The number of hydrogen-bond acceptors (Lipinski definition) is 4. The van der Waals surface area contributed by atoms with E-state index in [9.17, 15) is 4.79 Å². The number of carbonyl (C=O) groups excluding carboxylic acids is 1. The Morgan fingerprint density at radius 2 is 1.76 bits per heavy atom. The van der Waals surface area contributed by atoms with Crippen LogP contribution in [0.15, 0.2) is 36.4 Å². The number of aromatic nitrogens is 3. The van der Waals surface area contributed by atoms with Gasteiger partial charge in [0, 0.05) is 28.6 Å². The van der Waals surface area contributed by atoms with Crippen LogP contribution in [0.5, 0.6) is 5.75 Å². The number of pyridine rings is 1. The van der Waals surface area contributed by atoms with Gasteiger partial charge in [0.05, 0.1) is 24.2 Å². The van der Waals surface area contributed by atoms with Crippen molar-refractivity contribution in [2.75, 3.05) is 12.4 Å². The van der Waals surface area contributed by atoms with Gasteiger partial charge in [0.25, 0.3) is 0 Å². The molecule has 34 heavy (non-hydrogen) atoms. The molecule has 0 aliphatic heterocycles. The maximum atomic E-state index is 12.8. The zero-order chi connectivity index (χ0) is 24.6. The Hall–Kier alpha value is -3.38. The van der Waals surface area contributed by atoms with Crippen LogP contribution in [0, 0.1) is 34.6 Å². The molecular weight excluding hydrogens is 448 g/mol. The van der Waals surface area contributed by atoms with Crippen molar-refractivity contribution in [2.45, 2.75) is 47.5 Å². The lowest BCUT2D eigenvalue weighted by atomic mass is 9.99. The fourth-order valence-corrected chi connectivity index (χ4v) is 4.48. The summed E-state index contributed by atoms with van der Waals surface area (Å²) in [4.78, 5) is 17.7. The van der Waals surface area contributed by atoms with Crippen LogP contribution in [0.1, 0.15) is 40.1 Å². The molecule has 0 spiro atoms. The zero-order valence-corrected chi connectivity index (χ0v) is 21.2. The lowest BCUT2D eigenvalue weighted by molar-refractivity contribution is -0.116. The van der Waals surface area contributed by atoms with E-state index in [4.69, 9.17) is 26.4 Å². The number of nitrogens with zero attached hydrogens (tertiary/aromatic N) is 3. The van der Waals surface area contributed by atoms with E-state index in [0.717, 1.165) is 44.8 Å². The van der Waals surface area contributed by atoms with Gasteiger partial charge in [-0.1, -0.05) is 29.3 Å². The fraction of sp³-hybridized carbons (Fsp3) is 0.296. The molecule has 0 saturated heterocycles. The van der Waals surface area contributed by atoms with Crippen LogP contribution < -0.4 is 10.1 Å². The van der Waals surface area contributed by atoms with Gasteiger partial charge in [0.2, 0.25) is 5.91 Å². The molecule has 2 heterocycles. The van der Waals surface area contributed by atoms with E-state index in [1.54, 1.807) is 13.2 Å². The molecule has 2 aromatic heterocycles. The Morgan fingerprint density at radius 3 is 2.44 bits per heavy atom. The molecule has 4 aromatic rings. The number of halogens is 1. The van der Waals surface area contributed by atoms with Crippen molar-refractivity contribution in [3.63, 3.8) is 0 Å². The third kappa shape index (κ3) is 4.50. The van der Waals surface area contributed by atoms with Crippen LogP contribution in [0.3, 0.4) is 0 Å². The van der Waals surface area contributed by atoms with Crippen molar-refractivity contribution in [3.8, 4) is 11.4 Å². The minimum atomic E-state index is -0.0917. The number of benzene rings is 2. The first-order chi connectivity index (χ1) is 16.2. The first-order valence-electron chi connectivity index (χ1n) is 11.3. The number of nitrogens with one attached hydrogen (secondary N) is 1. The van der Waals surface area contributed by atoms with Gasteiger partial charge in [-0.15, -0.1) is 0 Å². The average molecular weight is 477 g/mol. The number of fused-ring (bicyclic) bond motifs is 1. The third-order valence-electron chi connectivity index (χ3n) is 6.21. The Bertz CT molecular complexity index is 1390. The lowest BCUT2D eigenvalue weighted by Crippen LogP contribution is -2.14. The molecule has 0 aliphatic carbocycles. The van der Waals surface area contributed by atoms with Gasteiger partial charge in [-0.05, 0) is 75.9 Å². The highest BCUT2D eigenvalue weighted by Gasteiger charge is 2.18. The molecule has 6 nitrogen and oxygen atoms in total. The van der Waals surface area contributed by atoms with Crippen LogP contribution in [0.25, 0.3) is 16.7 Å². The number of aryl methyl sites for hydroxylation is 5. The van der Waals surface area contributed by atoms with Gasteiger partial charge in [0.1, 0.15) is 5.75 Å². The maximum Gasteiger partial charge on any atom is 0.224 e. The molecule has 0 bridgehead atoms. The molecule has 7 heteroatoms. The minimum absolute atomic E-state index is 0.0917. The highest BCUT2D eigenvalue weighted by atomic mass is 35.5. The molecule has 0 atom stereocenters. The zero-order valence-electron chi connectivity index (χ0n) is 20.4. The van der Waals surface area contributed by atoms with Crippen molar-refractivity contribution in [3.05, 3.63) is 75.1 Å². The first-order valence-corrected chi connectivity index (χ1v) is 11.6. The lowest BCUT2D eigenvalue weighted by Gasteiger charge is -2.14. The van der Waals surface area contributed by atoms with E-state index in [1.807, 2.05) is 31.5 Å². The van der Waals surface area contributed by atoms with Crippen molar-refractivity contribution >= 4 is 34.2 Å². The quantitative estimate of drug-likeness (QED) is 0.360. The highest BCUT2D eigenvalue weighted by molar-refractivity contribution is 6.31. The van der Waals surface area contributed by atoms with Crippen molar-refractivity contribution in [1.82, 2.24) is 14.8 Å². The van der Waals surface area contributed by atoms with E-state index in [0.29, 0.717) is 29.3 Å². The summed E-state index contributed by atoms with van der Waals surface area (Å²) in [6.45, 7) is 10.0. The summed E-state index contributed by atoms with van der Waals surface area (Å²) in [5, 5.41) is 9.36. The molecule has 2 aromatic carbocycles. The Balaban J connectivity index is 1.60. The number of hydrogen-bond donors (Lipinski definition) is 1. The molecule has 1 N–H and O–H groups in total. The van der Waals surface area contributed by atoms with Crippen LogP contribution in [-0.2, 0) is 11.2 Å². The van der Waals surface area contributed by atoms with Crippen LogP contribution >= 0.6 is 11.6 Å². The average Bonchev–Trinajstić information content (AvgIpc) is 3.12. The standard InChI is InChI=1S/C27H29ClN4O2/c1-15-7-9-20(10-8-15)32-27-26(19(5)31-32)17(3)21(18(4)29-27)11-12-25(33)30-23-13-16(2)22(28)14-24(23)34-6/h7-10,13-14H,11-12H2,1-6H3,(H,30,33). The molecular formula is C27H29ClN4O2. The van der Waals surface area contributed by atoms with Gasteiger partial charge in [-0.2, -0.15) is 5.10 Å². The van der Waals surface area contributed by atoms with Gasteiger partial charge in [-0.25, -0.2) is 9.67 Å². The summed E-state index contributed by atoms with van der Waals surface area (Å²) in [5.41, 5.74) is 8.54. The number of carbonyl (C=O) groups is 1. The van der Waals surface area contributed by atoms with Gasteiger partial charge < -0.3 is 10.1 Å². The highest BCUT2D eigenvalue weighted by Crippen LogP contribution is 2.32. The summed E-state index contributed by atoms with van der Waals surface area (Å²) >= 11 is 6.18. The van der Waals surface area contributed by atoms with Crippen molar-refractivity contribution in [2.24, 2.45) is 0 Å². The monoisotopic (exact) mass is 476 g/mol. The molecule has 0 fully saturated rings. The van der Waals surface area contributed by atoms with E-state index >= 15 is 0 Å². The SMILES string of the molecule is COc1cc(Cl)c(C)cc1NC(=O)CCc1c(C)nc2c(c(C)nn2-c2ccc(C)cc2)c1C. The summed E-state index contributed by atoms with van der Waals surface area (Å²) in [5.74, 6) is 0.449. The Kier molecular flexibility index (Phi) is 6.62. The van der Waals surface area contributed by atoms with Crippen LogP contribution in [0.2, 0.25) is 5.02 Å². The molecule has 1 amide bonds. The summed E-state index contributed by atoms with van der Waals surface area (Å²) in [6, 6.07) is 11.8. The number of anilines is 1. The summed E-state index contributed by atoms with van der Waals surface area (Å²) in [6.07, 6.45) is 0.904. The predicted molar refractivity (Wildman–Crippen MR) is 138 cm³/mol. The molecule has 4 rings (SSSR count).